The van der Waals surface area contributed by atoms with Gasteiger partial charge in [0.2, 0.25) is 0 Å². The highest BCUT2D eigenvalue weighted by Gasteiger charge is 2.06. The summed E-state index contributed by atoms with van der Waals surface area (Å²) in [5.41, 5.74) is 6.32. The fourth-order valence-corrected chi connectivity index (χ4v) is 1.85. The number of nitrogens with two attached hydrogens (primary N) is 1. The zero-order valence-corrected chi connectivity index (χ0v) is 10.7. The highest BCUT2D eigenvalue weighted by atomic mass is 79.9. The normalized spacial score (nSPS) is 10.9. The van der Waals surface area contributed by atoms with E-state index in [0.717, 1.165) is 29.0 Å². The minimum atomic E-state index is 0.696. The molecule has 0 amide bonds. The summed E-state index contributed by atoms with van der Waals surface area (Å²) in [5, 5.41) is 4.48. The van der Waals surface area contributed by atoms with Gasteiger partial charge in [-0.15, -0.1) is 5.10 Å². The van der Waals surface area contributed by atoms with Crippen LogP contribution >= 0.6 is 15.9 Å². The molecule has 0 aliphatic heterocycles. The number of fused-ring (bicyclic) bond motifs is 1. The molecule has 0 aliphatic carbocycles. The van der Waals surface area contributed by atoms with Crippen molar-refractivity contribution >= 4 is 27.4 Å². The standard InChI is InChI=1S/C10H14BrN5/c1-15(6-2-5-12)10-4-3-9-13-7-8(11)16(9)14-10/h3-4,7H,2,5-6,12H2,1H3. The fourth-order valence-electron chi connectivity index (χ4n) is 1.48. The number of imidazole rings is 1. The van der Waals surface area contributed by atoms with Crippen molar-refractivity contribution in [3.05, 3.63) is 22.9 Å². The molecule has 16 heavy (non-hydrogen) atoms. The van der Waals surface area contributed by atoms with Crippen LogP contribution in [0.5, 0.6) is 0 Å². The summed E-state index contributed by atoms with van der Waals surface area (Å²) >= 11 is 3.40. The number of halogens is 1. The predicted octanol–water partition coefficient (Wildman–Crippen LogP) is 1.28. The second-order valence-electron chi connectivity index (χ2n) is 3.61. The SMILES string of the molecule is CN(CCCN)c1ccc2ncc(Br)n2n1. The van der Waals surface area contributed by atoms with Gasteiger partial charge in [-0.25, -0.2) is 9.50 Å². The molecule has 2 aromatic rings. The van der Waals surface area contributed by atoms with Crippen molar-refractivity contribution in [2.24, 2.45) is 5.73 Å². The first-order chi connectivity index (χ1) is 7.72. The van der Waals surface area contributed by atoms with Gasteiger partial charge in [-0.05, 0) is 41.0 Å². The molecule has 0 aliphatic rings. The summed E-state index contributed by atoms with van der Waals surface area (Å²) in [7, 11) is 2.01. The Labute approximate surface area is 102 Å². The van der Waals surface area contributed by atoms with Crippen molar-refractivity contribution in [1.82, 2.24) is 14.6 Å². The maximum Gasteiger partial charge on any atom is 0.154 e. The lowest BCUT2D eigenvalue weighted by molar-refractivity contribution is 0.769. The zero-order chi connectivity index (χ0) is 11.5. The van der Waals surface area contributed by atoms with Crippen LogP contribution in [-0.2, 0) is 0 Å². The van der Waals surface area contributed by atoms with Gasteiger partial charge < -0.3 is 10.6 Å². The van der Waals surface area contributed by atoms with Gasteiger partial charge in [-0.2, -0.15) is 0 Å². The molecule has 2 N–H and O–H groups in total. The molecule has 6 heteroatoms. The molecular formula is C10H14BrN5. The van der Waals surface area contributed by atoms with Gasteiger partial charge in [0, 0.05) is 13.6 Å². The Balaban J connectivity index is 2.27. The number of hydrogen-bond acceptors (Lipinski definition) is 4. The van der Waals surface area contributed by atoms with Crippen molar-refractivity contribution < 1.29 is 0 Å². The molecule has 2 heterocycles. The van der Waals surface area contributed by atoms with Crippen LogP contribution in [-0.4, -0.2) is 34.7 Å². The van der Waals surface area contributed by atoms with Gasteiger partial charge in [0.25, 0.3) is 0 Å². The fraction of sp³-hybridized carbons (Fsp3) is 0.400. The Hall–Kier alpha value is -1.14. The van der Waals surface area contributed by atoms with E-state index in [1.807, 2.05) is 19.2 Å². The highest BCUT2D eigenvalue weighted by molar-refractivity contribution is 9.10. The number of aromatic nitrogens is 3. The molecule has 0 unspecified atom stereocenters. The summed E-state index contributed by atoms with van der Waals surface area (Å²) < 4.78 is 2.63. The molecule has 0 radical (unpaired) electrons. The van der Waals surface area contributed by atoms with Gasteiger partial charge >= 0.3 is 0 Å². The maximum absolute atomic E-state index is 5.48. The van der Waals surface area contributed by atoms with Gasteiger partial charge in [-0.3, -0.25) is 0 Å². The molecule has 0 saturated carbocycles. The van der Waals surface area contributed by atoms with Gasteiger partial charge in [0.05, 0.1) is 6.20 Å². The number of nitrogens with zero attached hydrogens (tertiary/aromatic N) is 4. The topological polar surface area (TPSA) is 59.5 Å². The lowest BCUT2D eigenvalue weighted by Gasteiger charge is -2.17. The third-order valence-corrected chi connectivity index (χ3v) is 2.94. The van der Waals surface area contributed by atoms with E-state index in [2.05, 4.69) is 30.9 Å². The quantitative estimate of drug-likeness (QED) is 0.918. The van der Waals surface area contributed by atoms with Crippen LogP contribution in [0.2, 0.25) is 0 Å². The summed E-state index contributed by atoms with van der Waals surface area (Å²) in [6.45, 7) is 1.60. The Morgan fingerprint density at radius 3 is 3.06 bits per heavy atom. The summed E-state index contributed by atoms with van der Waals surface area (Å²) in [6, 6.07) is 3.91. The Morgan fingerprint density at radius 1 is 1.50 bits per heavy atom. The van der Waals surface area contributed by atoms with E-state index in [4.69, 9.17) is 5.73 Å². The first kappa shape index (κ1) is 11.3. The van der Waals surface area contributed by atoms with Crippen molar-refractivity contribution in [3.63, 3.8) is 0 Å². The monoisotopic (exact) mass is 283 g/mol. The summed E-state index contributed by atoms with van der Waals surface area (Å²) in [4.78, 5) is 6.28. The van der Waals surface area contributed by atoms with Gasteiger partial charge in [0.1, 0.15) is 10.4 Å². The third-order valence-electron chi connectivity index (χ3n) is 2.40. The molecule has 0 spiro atoms. The van der Waals surface area contributed by atoms with Crippen LogP contribution in [0.4, 0.5) is 5.82 Å². The molecule has 5 nitrogen and oxygen atoms in total. The molecule has 2 aromatic heterocycles. The minimum Gasteiger partial charge on any atom is -0.358 e. The van der Waals surface area contributed by atoms with Crippen molar-refractivity contribution in [2.75, 3.05) is 25.0 Å². The number of rotatable bonds is 4. The van der Waals surface area contributed by atoms with E-state index in [-0.39, 0.29) is 0 Å². The summed E-state index contributed by atoms with van der Waals surface area (Å²) in [6.07, 6.45) is 2.70. The van der Waals surface area contributed by atoms with E-state index in [1.54, 1.807) is 10.7 Å². The van der Waals surface area contributed by atoms with E-state index in [9.17, 15) is 0 Å². The van der Waals surface area contributed by atoms with E-state index < -0.39 is 0 Å². The van der Waals surface area contributed by atoms with Crippen molar-refractivity contribution in [2.45, 2.75) is 6.42 Å². The first-order valence-electron chi connectivity index (χ1n) is 5.14. The molecule has 0 fully saturated rings. The number of hydrogen-bond donors (Lipinski definition) is 1. The van der Waals surface area contributed by atoms with E-state index >= 15 is 0 Å². The lowest BCUT2D eigenvalue weighted by atomic mass is 10.4. The molecule has 0 bridgehead atoms. The third kappa shape index (κ3) is 2.17. The molecule has 2 rings (SSSR count). The van der Waals surface area contributed by atoms with Crippen LogP contribution < -0.4 is 10.6 Å². The average Bonchev–Trinajstić information content (AvgIpc) is 2.67. The second kappa shape index (κ2) is 4.80. The van der Waals surface area contributed by atoms with Crippen LogP contribution in [0, 0.1) is 0 Å². The molecule has 0 aromatic carbocycles. The molecule has 0 atom stereocenters. The van der Waals surface area contributed by atoms with Crippen LogP contribution in [0.1, 0.15) is 6.42 Å². The number of anilines is 1. The van der Waals surface area contributed by atoms with Crippen LogP contribution in [0.25, 0.3) is 5.65 Å². The molecule has 0 saturated heterocycles. The van der Waals surface area contributed by atoms with Crippen molar-refractivity contribution in [1.29, 1.82) is 0 Å². The Kier molecular flexibility index (Phi) is 3.40. The predicted molar refractivity (Wildman–Crippen MR) is 67.6 cm³/mol. The minimum absolute atomic E-state index is 0.696. The van der Waals surface area contributed by atoms with E-state index in [0.29, 0.717) is 6.54 Å². The van der Waals surface area contributed by atoms with Crippen LogP contribution in [0.15, 0.2) is 22.9 Å². The first-order valence-corrected chi connectivity index (χ1v) is 5.93. The second-order valence-corrected chi connectivity index (χ2v) is 4.42. The van der Waals surface area contributed by atoms with Gasteiger partial charge in [0.15, 0.2) is 5.65 Å². The van der Waals surface area contributed by atoms with Crippen molar-refractivity contribution in [3.8, 4) is 0 Å². The highest BCUT2D eigenvalue weighted by Crippen LogP contribution is 2.15. The largest absolute Gasteiger partial charge is 0.358 e. The zero-order valence-electron chi connectivity index (χ0n) is 9.10. The lowest BCUT2D eigenvalue weighted by Crippen LogP contribution is -2.22. The van der Waals surface area contributed by atoms with Gasteiger partial charge in [-0.1, -0.05) is 0 Å². The maximum atomic E-state index is 5.48. The average molecular weight is 284 g/mol. The smallest absolute Gasteiger partial charge is 0.154 e. The Morgan fingerprint density at radius 2 is 2.31 bits per heavy atom. The molecule has 86 valence electrons. The summed E-state index contributed by atoms with van der Waals surface area (Å²) in [5.74, 6) is 0.916. The van der Waals surface area contributed by atoms with E-state index in [1.165, 1.54) is 0 Å². The molecular weight excluding hydrogens is 270 g/mol. The van der Waals surface area contributed by atoms with Crippen LogP contribution in [0.3, 0.4) is 0 Å². The Bertz CT molecular complexity index is 481.